The lowest BCUT2D eigenvalue weighted by atomic mass is 10.1. The van der Waals surface area contributed by atoms with E-state index in [-0.39, 0.29) is 24.4 Å². The van der Waals surface area contributed by atoms with Crippen LogP contribution in [0.2, 0.25) is 0 Å². The molecule has 0 radical (unpaired) electrons. The van der Waals surface area contributed by atoms with Gasteiger partial charge in [-0.15, -0.1) is 12.4 Å². The van der Waals surface area contributed by atoms with E-state index in [1.54, 1.807) is 0 Å². The third-order valence-corrected chi connectivity index (χ3v) is 3.45. The maximum absolute atomic E-state index is 11.9. The fourth-order valence-corrected chi connectivity index (χ4v) is 2.42. The molecule has 2 heterocycles. The van der Waals surface area contributed by atoms with E-state index in [1.807, 2.05) is 18.2 Å². The minimum absolute atomic E-state index is 0. The lowest BCUT2D eigenvalue weighted by Gasteiger charge is -2.19. The number of fused-ring (bicyclic) bond motifs is 1. The third kappa shape index (κ3) is 3.35. The molecule has 2 N–H and O–H groups in total. The monoisotopic (exact) mass is 298 g/mol. The van der Waals surface area contributed by atoms with Crippen LogP contribution >= 0.6 is 12.4 Å². The Morgan fingerprint density at radius 1 is 1.30 bits per heavy atom. The summed E-state index contributed by atoms with van der Waals surface area (Å²) in [5.74, 6) is 1.61. The zero-order valence-electron chi connectivity index (χ0n) is 11.2. The van der Waals surface area contributed by atoms with Crippen LogP contribution in [-0.4, -0.2) is 31.7 Å². The van der Waals surface area contributed by atoms with Gasteiger partial charge >= 0.3 is 0 Å². The minimum atomic E-state index is -0.0304. The number of nitrogens with one attached hydrogen (secondary N) is 2. The molecule has 3 rings (SSSR count). The van der Waals surface area contributed by atoms with Crippen LogP contribution in [0.3, 0.4) is 0 Å². The smallest absolute Gasteiger partial charge is 0.237 e. The first-order chi connectivity index (χ1) is 9.33. The molecule has 110 valence electrons. The van der Waals surface area contributed by atoms with Crippen LogP contribution in [0.25, 0.3) is 0 Å². The number of benzene rings is 1. The van der Waals surface area contributed by atoms with Crippen molar-refractivity contribution in [1.29, 1.82) is 0 Å². The van der Waals surface area contributed by atoms with Gasteiger partial charge in [0.25, 0.3) is 0 Å². The summed E-state index contributed by atoms with van der Waals surface area (Å²) in [5, 5.41) is 6.14. The Morgan fingerprint density at radius 2 is 2.10 bits per heavy atom. The molecule has 0 bridgehead atoms. The standard InChI is InChI=1S/C14H18N2O3.ClH/c17-14(11-2-1-5-15-11)16-9-10-3-4-12-13(8-10)19-7-6-18-12;/h3-4,8,11,15H,1-2,5-7,9H2,(H,16,17);1H/t11-;/m0./s1. The van der Waals surface area contributed by atoms with Crippen molar-refractivity contribution in [1.82, 2.24) is 10.6 Å². The molecule has 1 aromatic carbocycles. The largest absolute Gasteiger partial charge is 0.486 e. The molecule has 5 nitrogen and oxygen atoms in total. The summed E-state index contributed by atoms with van der Waals surface area (Å²) in [5.41, 5.74) is 1.02. The molecule has 0 spiro atoms. The van der Waals surface area contributed by atoms with Gasteiger partial charge in [-0.05, 0) is 37.1 Å². The number of hydrogen-bond acceptors (Lipinski definition) is 4. The van der Waals surface area contributed by atoms with Crippen molar-refractivity contribution in [3.8, 4) is 11.5 Å². The summed E-state index contributed by atoms with van der Waals surface area (Å²) in [6, 6.07) is 5.74. The summed E-state index contributed by atoms with van der Waals surface area (Å²) in [4.78, 5) is 11.9. The van der Waals surface area contributed by atoms with Crippen LogP contribution in [0.4, 0.5) is 0 Å². The SMILES string of the molecule is Cl.O=C(NCc1ccc2c(c1)OCCO2)[C@@H]1CCCN1. The van der Waals surface area contributed by atoms with Crippen LogP contribution in [0.15, 0.2) is 18.2 Å². The summed E-state index contributed by atoms with van der Waals surface area (Å²) in [7, 11) is 0. The predicted molar refractivity (Wildman–Crippen MR) is 77.6 cm³/mol. The summed E-state index contributed by atoms with van der Waals surface area (Å²) in [6.07, 6.45) is 2.00. The third-order valence-electron chi connectivity index (χ3n) is 3.45. The number of hydrogen-bond donors (Lipinski definition) is 2. The van der Waals surface area contributed by atoms with E-state index in [0.29, 0.717) is 19.8 Å². The minimum Gasteiger partial charge on any atom is -0.486 e. The van der Waals surface area contributed by atoms with E-state index in [2.05, 4.69) is 10.6 Å². The van der Waals surface area contributed by atoms with Gasteiger partial charge in [0.1, 0.15) is 13.2 Å². The second-order valence-corrected chi connectivity index (χ2v) is 4.84. The number of halogens is 1. The van der Waals surface area contributed by atoms with Crippen molar-refractivity contribution in [3.63, 3.8) is 0 Å². The van der Waals surface area contributed by atoms with Crippen LogP contribution < -0.4 is 20.1 Å². The number of ether oxygens (including phenoxy) is 2. The average Bonchev–Trinajstić information content (AvgIpc) is 2.99. The normalized spacial score (nSPS) is 20.1. The predicted octanol–water partition coefficient (Wildman–Crippen LogP) is 1.25. The highest BCUT2D eigenvalue weighted by Gasteiger charge is 2.21. The first kappa shape index (κ1) is 14.9. The Kier molecular flexibility index (Phi) is 5.09. The molecule has 1 saturated heterocycles. The Hall–Kier alpha value is -1.46. The molecule has 2 aliphatic heterocycles. The van der Waals surface area contributed by atoms with E-state index < -0.39 is 0 Å². The molecular weight excluding hydrogens is 280 g/mol. The second-order valence-electron chi connectivity index (χ2n) is 4.84. The van der Waals surface area contributed by atoms with E-state index in [4.69, 9.17) is 9.47 Å². The number of carbonyl (C=O) groups excluding carboxylic acids is 1. The van der Waals surface area contributed by atoms with E-state index in [0.717, 1.165) is 36.4 Å². The van der Waals surface area contributed by atoms with Gasteiger partial charge in [0, 0.05) is 6.54 Å². The quantitative estimate of drug-likeness (QED) is 0.882. The number of amides is 1. The van der Waals surface area contributed by atoms with Crippen molar-refractivity contribution >= 4 is 18.3 Å². The zero-order valence-corrected chi connectivity index (χ0v) is 12.0. The lowest BCUT2D eigenvalue weighted by Crippen LogP contribution is -2.40. The fraction of sp³-hybridized carbons (Fsp3) is 0.500. The van der Waals surface area contributed by atoms with Gasteiger partial charge in [-0.25, -0.2) is 0 Å². The van der Waals surface area contributed by atoms with Crippen molar-refractivity contribution in [2.24, 2.45) is 0 Å². The molecule has 0 saturated carbocycles. The zero-order chi connectivity index (χ0) is 13.1. The maximum atomic E-state index is 11.9. The Morgan fingerprint density at radius 3 is 2.85 bits per heavy atom. The van der Waals surface area contributed by atoms with Crippen LogP contribution in [0.1, 0.15) is 18.4 Å². The highest BCUT2D eigenvalue weighted by atomic mass is 35.5. The van der Waals surface area contributed by atoms with E-state index in [1.165, 1.54) is 0 Å². The van der Waals surface area contributed by atoms with Crippen LogP contribution in [0, 0.1) is 0 Å². The second kappa shape index (κ2) is 6.81. The number of carbonyl (C=O) groups is 1. The molecule has 2 aliphatic rings. The summed E-state index contributed by atoms with van der Waals surface area (Å²) < 4.78 is 11.0. The van der Waals surface area contributed by atoms with Gasteiger partial charge in [0.05, 0.1) is 6.04 Å². The van der Waals surface area contributed by atoms with Crippen molar-refractivity contribution in [2.45, 2.75) is 25.4 Å². The highest BCUT2D eigenvalue weighted by molar-refractivity contribution is 5.85. The maximum Gasteiger partial charge on any atom is 0.237 e. The van der Waals surface area contributed by atoms with Crippen LogP contribution in [-0.2, 0) is 11.3 Å². The fourth-order valence-electron chi connectivity index (χ4n) is 2.42. The Bertz CT molecular complexity index is 475. The molecule has 6 heteroatoms. The Balaban J connectivity index is 0.00000147. The number of rotatable bonds is 3. The van der Waals surface area contributed by atoms with Gasteiger partial charge in [0.15, 0.2) is 11.5 Å². The van der Waals surface area contributed by atoms with Crippen molar-refractivity contribution in [3.05, 3.63) is 23.8 Å². The van der Waals surface area contributed by atoms with Crippen molar-refractivity contribution < 1.29 is 14.3 Å². The average molecular weight is 299 g/mol. The highest BCUT2D eigenvalue weighted by Crippen LogP contribution is 2.30. The van der Waals surface area contributed by atoms with E-state index in [9.17, 15) is 4.79 Å². The molecule has 0 unspecified atom stereocenters. The molecule has 0 aromatic heterocycles. The summed E-state index contributed by atoms with van der Waals surface area (Å²) in [6.45, 7) is 2.63. The van der Waals surface area contributed by atoms with Gasteiger partial charge < -0.3 is 20.1 Å². The molecular formula is C14H19ClN2O3. The van der Waals surface area contributed by atoms with Crippen LogP contribution in [0.5, 0.6) is 11.5 Å². The van der Waals surface area contributed by atoms with Gasteiger partial charge in [-0.3, -0.25) is 4.79 Å². The molecule has 20 heavy (non-hydrogen) atoms. The summed E-state index contributed by atoms with van der Waals surface area (Å²) >= 11 is 0. The van der Waals surface area contributed by atoms with Gasteiger partial charge in [-0.2, -0.15) is 0 Å². The first-order valence-corrected chi connectivity index (χ1v) is 6.72. The molecule has 1 amide bonds. The molecule has 0 aliphatic carbocycles. The van der Waals surface area contributed by atoms with Crippen molar-refractivity contribution in [2.75, 3.05) is 19.8 Å². The van der Waals surface area contributed by atoms with E-state index >= 15 is 0 Å². The molecule has 1 fully saturated rings. The first-order valence-electron chi connectivity index (χ1n) is 6.72. The molecule has 1 atom stereocenters. The van der Waals surface area contributed by atoms with Gasteiger partial charge in [-0.1, -0.05) is 6.07 Å². The molecule has 1 aromatic rings. The topological polar surface area (TPSA) is 59.6 Å². The lowest BCUT2D eigenvalue weighted by molar-refractivity contribution is -0.122. The van der Waals surface area contributed by atoms with Gasteiger partial charge in [0.2, 0.25) is 5.91 Å². The Labute approximate surface area is 124 Å².